The maximum absolute atomic E-state index is 10.8. The number of piperidine rings is 1. The third-order valence-electron chi connectivity index (χ3n) is 5.00. The molecule has 1 saturated heterocycles. The van der Waals surface area contributed by atoms with E-state index in [1.807, 2.05) is 24.4 Å². The third-order valence-corrected chi connectivity index (χ3v) is 6.03. The number of ether oxygens (including phenoxy) is 1. The van der Waals surface area contributed by atoms with Gasteiger partial charge in [0.2, 0.25) is 0 Å². The maximum Gasteiger partial charge on any atom is 0.123 e. The molecule has 0 unspecified atom stereocenters. The molecule has 0 spiro atoms. The molecule has 0 aliphatic carbocycles. The summed E-state index contributed by atoms with van der Waals surface area (Å²) < 4.78 is 5.15. The summed E-state index contributed by atoms with van der Waals surface area (Å²) in [5, 5.41) is 11.9. The molecule has 1 aliphatic heterocycles. The average molecular weight is 346 g/mol. The van der Waals surface area contributed by atoms with Gasteiger partial charge in [-0.1, -0.05) is 37.3 Å². The summed E-state index contributed by atoms with van der Waals surface area (Å²) in [7, 11) is 1.69. The van der Waals surface area contributed by atoms with Crippen molar-refractivity contribution in [1.29, 1.82) is 0 Å². The highest BCUT2D eigenvalue weighted by Gasteiger charge is 2.38. The molecule has 0 saturated carbocycles. The molecule has 2 atom stereocenters. The average Bonchev–Trinajstić information content (AvgIpc) is 3.06. The minimum Gasteiger partial charge on any atom is -0.389 e. The van der Waals surface area contributed by atoms with E-state index in [2.05, 4.69) is 28.9 Å². The summed E-state index contributed by atoms with van der Waals surface area (Å²) in [5.41, 5.74) is 0.588. The van der Waals surface area contributed by atoms with Crippen molar-refractivity contribution in [3.8, 4) is 10.6 Å². The van der Waals surface area contributed by atoms with Crippen LogP contribution < -0.4 is 0 Å². The molecule has 0 bridgehead atoms. The number of aliphatic hydroxyl groups is 1. The Kier molecular flexibility index (Phi) is 5.66. The van der Waals surface area contributed by atoms with Gasteiger partial charge in [-0.25, -0.2) is 4.98 Å². The minimum absolute atomic E-state index is 0.253. The standard InChI is InChI=1S/C19H26N2O2S/c1-15-13-21(10-8-19(15,22)9-11-23-2)14-17-12-20-18(24-17)16-6-4-3-5-7-16/h3-7,12,15,22H,8-11,13-14H2,1-2H3/t15-,19-/m0/s1. The largest absolute Gasteiger partial charge is 0.389 e. The monoisotopic (exact) mass is 346 g/mol. The fraction of sp³-hybridized carbons (Fsp3) is 0.526. The highest BCUT2D eigenvalue weighted by molar-refractivity contribution is 7.15. The van der Waals surface area contributed by atoms with Crippen molar-refractivity contribution >= 4 is 11.3 Å². The molecule has 0 radical (unpaired) electrons. The Morgan fingerprint density at radius 3 is 2.88 bits per heavy atom. The molecule has 2 heterocycles. The highest BCUT2D eigenvalue weighted by Crippen LogP contribution is 2.32. The van der Waals surface area contributed by atoms with Gasteiger partial charge in [-0.2, -0.15) is 0 Å². The first-order valence-corrected chi connectivity index (χ1v) is 9.36. The Hall–Kier alpha value is -1.27. The number of nitrogens with zero attached hydrogens (tertiary/aromatic N) is 2. The van der Waals surface area contributed by atoms with Gasteiger partial charge in [-0.3, -0.25) is 4.90 Å². The summed E-state index contributed by atoms with van der Waals surface area (Å²) in [6, 6.07) is 10.3. The van der Waals surface area contributed by atoms with Crippen LogP contribution in [0, 0.1) is 5.92 Å². The van der Waals surface area contributed by atoms with Gasteiger partial charge in [-0.15, -0.1) is 11.3 Å². The lowest BCUT2D eigenvalue weighted by atomic mass is 9.80. The van der Waals surface area contributed by atoms with Gasteiger partial charge < -0.3 is 9.84 Å². The van der Waals surface area contributed by atoms with Crippen molar-refractivity contribution < 1.29 is 9.84 Å². The van der Waals surface area contributed by atoms with Crippen LogP contribution in [0.3, 0.4) is 0 Å². The molecule has 5 heteroatoms. The van der Waals surface area contributed by atoms with Gasteiger partial charge in [0.25, 0.3) is 0 Å². The summed E-state index contributed by atoms with van der Waals surface area (Å²) >= 11 is 1.76. The number of methoxy groups -OCH3 is 1. The zero-order valence-electron chi connectivity index (χ0n) is 14.4. The summed E-state index contributed by atoms with van der Waals surface area (Å²) in [4.78, 5) is 8.27. The number of benzene rings is 1. The molecule has 1 fully saturated rings. The van der Waals surface area contributed by atoms with Crippen LogP contribution in [0.5, 0.6) is 0 Å². The highest BCUT2D eigenvalue weighted by atomic mass is 32.1. The molecule has 24 heavy (non-hydrogen) atoms. The zero-order valence-corrected chi connectivity index (χ0v) is 15.3. The van der Waals surface area contributed by atoms with Crippen molar-refractivity contribution in [2.24, 2.45) is 5.92 Å². The van der Waals surface area contributed by atoms with Crippen molar-refractivity contribution in [3.05, 3.63) is 41.4 Å². The summed E-state index contributed by atoms with van der Waals surface area (Å²) in [5.74, 6) is 0.253. The van der Waals surface area contributed by atoms with Crippen LogP contribution >= 0.6 is 11.3 Å². The lowest BCUT2D eigenvalue weighted by Gasteiger charge is -2.43. The van der Waals surface area contributed by atoms with E-state index < -0.39 is 5.60 Å². The van der Waals surface area contributed by atoms with E-state index in [-0.39, 0.29) is 5.92 Å². The molecule has 1 aromatic heterocycles. The lowest BCUT2D eigenvalue weighted by Crippen LogP contribution is -2.50. The minimum atomic E-state index is -0.588. The Labute approximate surface area is 148 Å². The lowest BCUT2D eigenvalue weighted by molar-refractivity contribution is -0.0825. The van der Waals surface area contributed by atoms with Crippen LogP contribution in [0.1, 0.15) is 24.6 Å². The predicted octanol–water partition coefficient (Wildman–Crippen LogP) is 3.42. The van der Waals surface area contributed by atoms with E-state index in [9.17, 15) is 5.11 Å². The molecule has 1 aliphatic rings. The van der Waals surface area contributed by atoms with Crippen molar-refractivity contribution in [2.75, 3.05) is 26.8 Å². The van der Waals surface area contributed by atoms with Gasteiger partial charge in [0.15, 0.2) is 0 Å². The van der Waals surface area contributed by atoms with Crippen LogP contribution in [0.15, 0.2) is 36.5 Å². The maximum atomic E-state index is 10.8. The summed E-state index contributed by atoms with van der Waals surface area (Å²) in [6.45, 7) is 5.51. The van der Waals surface area contributed by atoms with Crippen LogP contribution in [0.4, 0.5) is 0 Å². The van der Waals surface area contributed by atoms with E-state index in [1.54, 1.807) is 18.4 Å². The molecule has 1 N–H and O–H groups in total. The predicted molar refractivity (Wildman–Crippen MR) is 98.1 cm³/mol. The van der Waals surface area contributed by atoms with Crippen molar-refractivity contribution in [2.45, 2.75) is 31.9 Å². The number of likely N-dealkylation sites (tertiary alicyclic amines) is 1. The van der Waals surface area contributed by atoms with E-state index in [0.717, 1.165) is 37.5 Å². The SMILES string of the molecule is COCC[C@@]1(O)CCN(Cc2cnc(-c3ccccc3)s2)C[C@@H]1C. The molecule has 2 aromatic rings. The molecular formula is C19H26N2O2S. The van der Waals surface area contributed by atoms with Gasteiger partial charge in [-0.05, 0) is 18.8 Å². The van der Waals surface area contributed by atoms with E-state index in [0.29, 0.717) is 6.61 Å². The molecule has 0 amide bonds. The summed E-state index contributed by atoms with van der Waals surface area (Å²) in [6.07, 6.45) is 3.52. The fourth-order valence-corrected chi connectivity index (χ4v) is 4.32. The number of hydrogen-bond donors (Lipinski definition) is 1. The Morgan fingerprint density at radius 1 is 1.38 bits per heavy atom. The topological polar surface area (TPSA) is 45.6 Å². The number of thiazole rings is 1. The second kappa shape index (κ2) is 7.74. The Balaban J connectivity index is 1.59. The zero-order chi connectivity index (χ0) is 17.0. The van der Waals surface area contributed by atoms with Crippen LogP contribution in [-0.4, -0.2) is 47.4 Å². The van der Waals surface area contributed by atoms with Gasteiger partial charge in [0.1, 0.15) is 5.01 Å². The Bertz CT molecular complexity index is 646. The van der Waals surface area contributed by atoms with Crippen molar-refractivity contribution in [3.63, 3.8) is 0 Å². The van der Waals surface area contributed by atoms with Crippen molar-refractivity contribution in [1.82, 2.24) is 9.88 Å². The quantitative estimate of drug-likeness (QED) is 0.870. The normalized spacial score (nSPS) is 25.0. The van der Waals surface area contributed by atoms with Gasteiger partial charge in [0.05, 0.1) is 5.60 Å². The molecule has 4 nitrogen and oxygen atoms in total. The molecule has 130 valence electrons. The number of hydrogen-bond acceptors (Lipinski definition) is 5. The third kappa shape index (κ3) is 4.03. The first-order valence-electron chi connectivity index (χ1n) is 8.54. The first kappa shape index (κ1) is 17.5. The van der Waals surface area contributed by atoms with E-state index in [4.69, 9.17) is 4.74 Å². The molecular weight excluding hydrogens is 320 g/mol. The number of rotatable bonds is 6. The van der Waals surface area contributed by atoms with E-state index in [1.165, 1.54) is 10.4 Å². The van der Waals surface area contributed by atoms with Crippen LogP contribution in [-0.2, 0) is 11.3 Å². The van der Waals surface area contributed by atoms with Gasteiger partial charge >= 0.3 is 0 Å². The molecule has 1 aromatic carbocycles. The number of aromatic nitrogens is 1. The fourth-order valence-electron chi connectivity index (χ4n) is 3.36. The van der Waals surface area contributed by atoms with Gasteiger partial charge in [0, 0.05) is 50.0 Å². The Morgan fingerprint density at radius 2 is 2.17 bits per heavy atom. The smallest absolute Gasteiger partial charge is 0.123 e. The molecule has 3 rings (SSSR count). The first-order chi connectivity index (χ1) is 11.6. The second-order valence-corrected chi connectivity index (χ2v) is 7.85. The van der Waals surface area contributed by atoms with E-state index >= 15 is 0 Å². The van der Waals surface area contributed by atoms with Crippen LogP contribution in [0.2, 0.25) is 0 Å². The van der Waals surface area contributed by atoms with Crippen LogP contribution in [0.25, 0.3) is 10.6 Å². The second-order valence-electron chi connectivity index (χ2n) is 6.73.